The number of urea groups is 1. The van der Waals surface area contributed by atoms with Crippen LogP contribution in [0.15, 0.2) is 47.3 Å². The Bertz CT molecular complexity index is 1190. The van der Waals surface area contributed by atoms with E-state index in [0.29, 0.717) is 18.7 Å². The minimum absolute atomic E-state index is 0.0749. The predicted octanol–water partition coefficient (Wildman–Crippen LogP) is 5.54. The number of hydrogen-bond donors (Lipinski definition) is 2. The topological polar surface area (TPSA) is 65.2 Å². The van der Waals surface area contributed by atoms with Crippen LogP contribution >= 0.6 is 0 Å². The van der Waals surface area contributed by atoms with Gasteiger partial charge < -0.3 is 15.2 Å². The van der Waals surface area contributed by atoms with E-state index >= 15 is 0 Å². The van der Waals surface area contributed by atoms with Crippen molar-refractivity contribution in [3.63, 3.8) is 0 Å². The van der Waals surface area contributed by atoms with Gasteiger partial charge in [-0.3, -0.25) is 4.79 Å². The number of nitrogens with one attached hydrogen (secondary N) is 2. The molecule has 0 radical (unpaired) electrons. The Hall–Kier alpha value is -3.08. The average molecular weight is 446 g/mol. The Morgan fingerprint density at radius 1 is 1.03 bits per heavy atom. The molecule has 1 aliphatic rings. The third-order valence-corrected chi connectivity index (χ3v) is 6.87. The standard InChI is InChI=1S/C28H35N3O2/c1-19-8-7-9-22(14-19)12-13-31(28(33)29-25-10-5-4-6-11-25)18-24-17-23-15-20(2)21(3)16-26(23)30-27(24)32/h7-9,14-17,25H,4-6,10-13,18H2,1-3H3,(H,29,33)(H,30,32). The summed E-state index contributed by atoms with van der Waals surface area (Å²) < 4.78 is 0. The molecule has 1 aliphatic carbocycles. The lowest BCUT2D eigenvalue weighted by atomic mass is 9.96. The fourth-order valence-electron chi connectivity index (χ4n) is 4.74. The number of nitrogens with zero attached hydrogens (tertiary/aromatic N) is 1. The lowest BCUT2D eigenvalue weighted by Gasteiger charge is -2.28. The second kappa shape index (κ2) is 10.2. The van der Waals surface area contributed by atoms with E-state index in [0.717, 1.165) is 48.6 Å². The van der Waals surface area contributed by atoms with Gasteiger partial charge in [0.25, 0.3) is 5.56 Å². The first kappa shape index (κ1) is 23.1. The van der Waals surface area contributed by atoms with Crippen molar-refractivity contribution in [2.75, 3.05) is 6.54 Å². The van der Waals surface area contributed by atoms with Crippen molar-refractivity contribution in [1.29, 1.82) is 0 Å². The Kier molecular flexibility index (Phi) is 7.17. The number of aryl methyl sites for hydroxylation is 3. The summed E-state index contributed by atoms with van der Waals surface area (Å²) in [4.78, 5) is 31.0. The van der Waals surface area contributed by atoms with Crippen molar-refractivity contribution in [1.82, 2.24) is 15.2 Å². The number of aromatic amines is 1. The molecule has 0 unspecified atom stereocenters. The molecule has 5 heteroatoms. The van der Waals surface area contributed by atoms with Gasteiger partial charge in [0, 0.05) is 23.7 Å². The smallest absolute Gasteiger partial charge is 0.317 e. The normalized spacial score (nSPS) is 14.4. The summed E-state index contributed by atoms with van der Waals surface area (Å²) in [7, 11) is 0. The Balaban J connectivity index is 1.57. The third kappa shape index (κ3) is 5.84. The van der Waals surface area contributed by atoms with Crippen LogP contribution in [-0.2, 0) is 13.0 Å². The summed E-state index contributed by atoms with van der Waals surface area (Å²) in [5, 5.41) is 4.23. The summed E-state index contributed by atoms with van der Waals surface area (Å²) in [5.41, 5.74) is 6.08. The number of rotatable bonds is 6. The monoisotopic (exact) mass is 445 g/mol. The molecule has 3 aromatic rings. The average Bonchev–Trinajstić information content (AvgIpc) is 2.79. The van der Waals surface area contributed by atoms with Crippen LogP contribution in [0.4, 0.5) is 4.79 Å². The maximum Gasteiger partial charge on any atom is 0.317 e. The molecule has 1 fully saturated rings. The molecule has 0 spiro atoms. The second-order valence-electron chi connectivity index (χ2n) is 9.59. The maximum absolute atomic E-state index is 13.3. The highest BCUT2D eigenvalue weighted by atomic mass is 16.2. The first-order chi connectivity index (χ1) is 15.9. The lowest BCUT2D eigenvalue weighted by molar-refractivity contribution is 0.187. The highest BCUT2D eigenvalue weighted by molar-refractivity contribution is 5.81. The van der Waals surface area contributed by atoms with Crippen LogP contribution < -0.4 is 10.9 Å². The molecule has 0 atom stereocenters. The molecule has 2 N–H and O–H groups in total. The van der Waals surface area contributed by atoms with Crippen molar-refractivity contribution in [2.24, 2.45) is 0 Å². The van der Waals surface area contributed by atoms with Gasteiger partial charge in [0.1, 0.15) is 0 Å². The highest BCUT2D eigenvalue weighted by Gasteiger charge is 2.21. The molecule has 1 heterocycles. The quantitative estimate of drug-likeness (QED) is 0.523. The molecule has 1 saturated carbocycles. The largest absolute Gasteiger partial charge is 0.335 e. The van der Waals surface area contributed by atoms with Crippen molar-refractivity contribution in [3.8, 4) is 0 Å². The van der Waals surface area contributed by atoms with Gasteiger partial charge in [0.15, 0.2) is 0 Å². The highest BCUT2D eigenvalue weighted by Crippen LogP contribution is 2.20. The third-order valence-electron chi connectivity index (χ3n) is 6.87. The lowest BCUT2D eigenvalue weighted by Crippen LogP contribution is -2.46. The number of fused-ring (bicyclic) bond motifs is 1. The zero-order valence-electron chi connectivity index (χ0n) is 20.0. The van der Waals surface area contributed by atoms with Gasteiger partial charge in [-0.2, -0.15) is 0 Å². The zero-order valence-corrected chi connectivity index (χ0v) is 20.0. The Morgan fingerprint density at radius 2 is 1.79 bits per heavy atom. The Labute approximate surface area is 196 Å². The number of carbonyl (C=O) groups excluding carboxylic acids is 1. The molecule has 0 bridgehead atoms. The van der Waals surface area contributed by atoms with Crippen LogP contribution in [0.5, 0.6) is 0 Å². The van der Waals surface area contributed by atoms with Crippen molar-refractivity contribution in [2.45, 2.75) is 71.9 Å². The Morgan fingerprint density at radius 3 is 2.55 bits per heavy atom. The molecule has 2 amide bonds. The number of H-pyrrole nitrogens is 1. The number of amides is 2. The van der Waals surface area contributed by atoms with Gasteiger partial charge in [-0.05, 0) is 80.3 Å². The van der Waals surface area contributed by atoms with E-state index in [1.807, 2.05) is 19.1 Å². The summed E-state index contributed by atoms with van der Waals surface area (Å²) in [5.74, 6) is 0. The number of pyridine rings is 1. The zero-order chi connectivity index (χ0) is 23.4. The summed E-state index contributed by atoms with van der Waals surface area (Å²) in [6, 6.07) is 14.6. The molecule has 2 aromatic carbocycles. The van der Waals surface area contributed by atoms with E-state index in [1.165, 1.54) is 23.1 Å². The molecule has 5 nitrogen and oxygen atoms in total. The van der Waals surface area contributed by atoms with Crippen LogP contribution in [0.1, 0.15) is 59.9 Å². The number of carbonyl (C=O) groups is 1. The van der Waals surface area contributed by atoms with Gasteiger partial charge in [0.05, 0.1) is 6.54 Å². The van der Waals surface area contributed by atoms with Crippen LogP contribution in [0.3, 0.4) is 0 Å². The van der Waals surface area contributed by atoms with Gasteiger partial charge in [-0.15, -0.1) is 0 Å². The first-order valence-corrected chi connectivity index (χ1v) is 12.1. The fraction of sp³-hybridized carbons (Fsp3) is 0.429. The van der Waals surface area contributed by atoms with E-state index in [-0.39, 0.29) is 17.6 Å². The minimum Gasteiger partial charge on any atom is -0.335 e. The van der Waals surface area contributed by atoms with E-state index in [4.69, 9.17) is 0 Å². The molecule has 1 aromatic heterocycles. The number of aromatic nitrogens is 1. The first-order valence-electron chi connectivity index (χ1n) is 12.1. The van der Waals surface area contributed by atoms with E-state index < -0.39 is 0 Å². The fourth-order valence-corrected chi connectivity index (χ4v) is 4.74. The molecular weight excluding hydrogens is 410 g/mol. The molecule has 4 rings (SSSR count). The van der Waals surface area contributed by atoms with E-state index in [1.54, 1.807) is 4.90 Å². The summed E-state index contributed by atoms with van der Waals surface area (Å²) in [6.45, 7) is 7.05. The second-order valence-corrected chi connectivity index (χ2v) is 9.59. The van der Waals surface area contributed by atoms with Gasteiger partial charge in [0.2, 0.25) is 0 Å². The van der Waals surface area contributed by atoms with Crippen molar-refractivity contribution in [3.05, 3.63) is 80.6 Å². The van der Waals surface area contributed by atoms with Gasteiger partial charge in [-0.1, -0.05) is 49.1 Å². The van der Waals surface area contributed by atoms with Crippen LogP contribution in [-0.4, -0.2) is 28.5 Å². The van der Waals surface area contributed by atoms with Crippen LogP contribution in [0.2, 0.25) is 0 Å². The molecular formula is C28H35N3O2. The summed E-state index contributed by atoms with van der Waals surface area (Å²) >= 11 is 0. The SMILES string of the molecule is Cc1cccc(CCN(Cc2cc3cc(C)c(C)cc3[nH]c2=O)C(=O)NC2CCCCC2)c1. The van der Waals surface area contributed by atoms with Gasteiger partial charge >= 0.3 is 6.03 Å². The van der Waals surface area contributed by atoms with Gasteiger partial charge in [-0.25, -0.2) is 4.79 Å². The molecule has 0 saturated heterocycles. The number of hydrogen-bond acceptors (Lipinski definition) is 2. The van der Waals surface area contributed by atoms with Crippen molar-refractivity contribution >= 4 is 16.9 Å². The number of benzene rings is 2. The minimum atomic E-state index is -0.128. The molecule has 0 aliphatic heterocycles. The van der Waals surface area contributed by atoms with Crippen molar-refractivity contribution < 1.29 is 4.79 Å². The van der Waals surface area contributed by atoms with E-state index in [2.05, 4.69) is 54.5 Å². The predicted molar refractivity (Wildman–Crippen MR) is 135 cm³/mol. The molecule has 33 heavy (non-hydrogen) atoms. The van der Waals surface area contributed by atoms with Crippen LogP contribution in [0.25, 0.3) is 10.9 Å². The molecule has 174 valence electrons. The van der Waals surface area contributed by atoms with Crippen LogP contribution in [0, 0.1) is 20.8 Å². The summed E-state index contributed by atoms with van der Waals surface area (Å²) in [6.07, 6.45) is 6.40. The van der Waals surface area contributed by atoms with E-state index in [9.17, 15) is 9.59 Å². The maximum atomic E-state index is 13.3.